The fourth-order valence-corrected chi connectivity index (χ4v) is 1.48. The van der Waals surface area contributed by atoms with Crippen molar-refractivity contribution >= 4 is 5.91 Å². The van der Waals surface area contributed by atoms with Crippen LogP contribution in [0.25, 0.3) is 0 Å². The number of nitrogens with zero attached hydrogens (tertiary/aromatic N) is 1. The molecular weight excluding hydrogens is 240 g/mol. The summed E-state index contributed by atoms with van der Waals surface area (Å²) in [6.45, 7) is 7.65. The van der Waals surface area contributed by atoms with Crippen molar-refractivity contribution in [3.8, 4) is 5.75 Å². The Hall–Kier alpha value is -1.81. The van der Waals surface area contributed by atoms with Crippen molar-refractivity contribution in [1.29, 1.82) is 0 Å². The van der Waals surface area contributed by atoms with Gasteiger partial charge in [-0.1, -0.05) is 23.8 Å². The lowest BCUT2D eigenvalue weighted by Gasteiger charge is -2.17. The summed E-state index contributed by atoms with van der Waals surface area (Å²) < 4.78 is 5.58. The van der Waals surface area contributed by atoms with Gasteiger partial charge in [-0.25, -0.2) is 0 Å². The van der Waals surface area contributed by atoms with Gasteiger partial charge in [0.25, 0.3) is 0 Å². The van der Waals surface area contributed by atoms with E-state index in [1.807, 2.05) is 31.2 Å². The fourth-order valence-electron chi connectivity index (χ4n) is 1.48. The van der Waals surface area contributed by atoms with Crippen LogP contribution in [0.1, 0.15) is 5.56 Å². The van der Waals surface area contributed by atoms with Gasteiger partial charge in [-0.05, 0) is 19.1 Å². The highest BCUT2D eigenvalue weighted by Gasteiger charge is 2.07. The molecule has 0 aliphatic heterocycles. The molecule has 0 fully saturated rings. The van der Waals surface area contributed by atoms with Gasteiger partial charge in [-0.3, -0.25) is 4.79 Å². The Bertz CT molecular complexity index is 401. The molecule has 104 valence electrons. The number of carbonyl (C=O) groups is 1. The molecule has 0 aliphatic carbocycles. The van der Waals surface area contributed by atoms with Crippen LogP contribution in [-0.2, 0) is 4.79 Å². The molecule has 0 radical (unpaired) electrons. The maximum Gasteiger partial charge on any atom is 0.236 e. The number of hydrogen-bond acceptors (Lipinski definition) is 3. The highest BCUT2D eigenvalue weighted by Crippen LogP contribution is 2.10. The zero-order valence-electron chi connectivity index (χ0n) is 11.7. The van der Waals surface area contributed by atoms with Crippen molar-refractivity contribution in [2.75, 3.05) is 33.3 Å². The van der Waals surface area contributed by atoms with E-state index in [1.54, 1.807) is 18.0 Å². The highest BCUT2D eigenvalue weighted by molar-refractivity contribution is 5.77. The molecule has 0 saturated heterocycles. The van der Waals surface area contributed by atoms with Gasteiger partial charge in [0, 0.05) is 13.6 Å². The van der Waals surface area contributed by atoms with Crippen molar-refractivity contribution in [2.45, 2.75) is 6.92 Å². The van der Waals surface area contributed by atoms with Crippen molar-refractivity contribution in [3.63, 3.8) is 0 Å². The minimum atomic E-state index is 0.0503. The number of rotatable bonds is 8. The first-order chi connectivity index (χ1) is 9.13. The number of likely N-dealkylation sites (N-methyl/N-ethyl adjacent to an activating group) is 1. The van der Waals surface area contributed by atoms with Crippen LogP contribution in [0.15, 0.2) is 36.9 Å². The van der Waals surface area contributed by atoms with E-state index in [2.05, 4.69) is 11.9 Å². The predicted molar refractivity (Wildman–Crippen MR) is 77.4 cm³/mol. The summed E-state index contributed by atoms with van der Waals surface area (Å²) in [7, 11) is 1.77. The van der Waals surface area contributed by atoms with Crippen LogP contribution in [-0.4, -0.2) is 44.1 Å². The van der Waals surface area contributed by atoms with E-state index in [0.29, 0.717) is 26.2 Å². The minimum Gasteiger partial charge on any atom is -0.492 e. The largest absolute Gasteiger partial charge is 0.492 e. The normalized spacial score (nSPS) is 10.0. The summed E-state index contributed by atoms with van der Waals surface area (Å²) >= 11 is 0. The first-order valence-electron chi connectivity index (χ1n) is 6.38. The molecule has 0 heterocycles. The zero-order valence-corrected chi connectivity index (χ0v) is 11.7. The average Bonchev–Trinajstić information content (AvgIpc) is 2.41. The van der Waals surface area contributed by atoms with E-state index in [0.717, 1.165) is 5.75 Å². The lowest BCUT2D eigenvalue weighted by Crippen LogP contribution is -2.37. The van der Waals surface area contributed by atoms with E-state index in [1.165, 1.54) is 5.56 Å². The van der Waals surface area contributed by atoms with E-state index in [-0.39, 0.29) is 5.91 Å². The van der Waals surface area contributed by atoms with Crippen LogP contribution < -0.4 is 10.1 Å². The standard InChI is InChI=1S/C15H22N2O2/c1-4-9-16-12-15(18)17(3)10-11-19-14-7-5-13(2)6-8-14/h4-8,16H,1,9-12H2,2-3H3. The lowest BCUT2D eigenvalue weighted by atomic mass is 10.2. The average molecular weight is 262 g/mol. The number of benzene rings is 1. The third kappa shape index (κ3) is 6.06. The van der Waals surface area contributed by atoms with Gasteiger partial charge in [-0.2, -0.15) is 0 Å². The molecular formula is C15H22N2O2. The Morgan fingerprint density at radius 2 is 2.11 bits per heavy atom. The summed E-state index contributed by atoms with van der Waals surface area (Å²) in [4.78, 5) is 13.3. The molecule has 19 heavy (non-hydrogen) atoms. The van der Waals surface area contributed by atoms with Gasteiger partial charge >= 0.3 is 0 Å². The lowest BCUT2D eigenvalue weighted by molar-refractivity contribution is -0.129. The quantitative estimate of drug-likeness (QED) is 0.571. The Labute approximate surface area is 115 Å². The van der Waals surface area contributed by atoms with Crippen molar-refractivity contribution in [3.05, 3.63) is 42.5 Å². The second-order valence-electron chi connectivity index (χ2n) is 4.40. The molecule has 1 aromatic carbocycles. The summed E-state index contributed by atoms with van der Waals surface area (Å²) in [6, 6.07) is 7.87. The van der Waals surface area contributed by atoms with E-state index < -0.39 is 0 Å². The summed E-state index contributed by atoms with van der Waals surface area (Å²) in [5.41, 5.74) is 1.20. The van der Waals surface area contributed by atoms with Gasteiger partial charge in [0.05, 0.1) is 13.1 Å². The van der Waals surface area contributed by atoms with Crippen LogP contribution >= 0.6 is 0 Å². The molecule has 0 atom stereocenters. The smallest absolute Gasteiger partial charge is 0.236 e. The Kier molecular flexibility index (Phi) is 6.68. The molecule has 1 N–H and O–H groups in total. The van der Waals surface area contributed by atoms with Crippen molar-refractivity contribution in [1.82, 2.24) is 10.2 Å². The molecule has 4 heteroatoms. The monoisotopic (exact) mass is 262 g/mol. The van der Waals surface area contributed by atoms with Crippen molar-refractivity contribution < 1.29 is 9.53 Å². The number of amides is 1. The van der Waals surface area contributed by atoms with Gasteiger partial charge in [0.15, 0.2) is 0 Å². The summed E-state index contributed by atoms with van der Waals surface area (Å²) in [6.07, 6.45) is 1.73. The van der Waals surface area contributed by atoms with Crippen LogP contribution in [0, 0.1) is 6.92 Å². The van der Waals surface area contributed by atoms with E-state index >= 15 is 0 Å². The van der Waals surface area contributed by atoms with Gasteiger partial charge in [0.1, 0.15) is 12.4 Å². The Balaban J connectivity index is 2.22. The second kappa shape index (κ2) is 8.32. The first kappa shape index (κ1) is 15.2. The van der Waals surface area contributed by atoms with Gasteiger partial charge in [-0.15, -0.1) is 6.58 Å². The fraction of sp³-hybridized carbons (Fsp3) is 0.400. The second-order valence-corrected chi connectivity index (χ2v) is 4.40. The third-order valence-electron chi connectivity index (χ3n) is 2.71. The van der Waals surface area contributed by atoms with Crippen LogP contribution in [0.5, 0.6) is 5.75 Å². The van der Waals surface area contributed by atoms with E-state index in [9.17, 15) is 4.79 Å². The third-order valence-corrected chi connectivity index (χ3v) is 2.71. The SMILES string of the molecule is C=CCNCC(=O)N(C)CCOc1ccc(C)cc1. The predicted octanol–water partition coefficient (Wildman–Crippen LogP) is 1.61. The molecule has 0 bridgehead atoms. The molecule has 0 saturated carbocycles. The molecule has 4 nitrogen and oxygen atoms in total. The Morgan fingerprint density at radius 1 is 1.42 bits per heavy atom. The first-order valence-corrected chi connectivity index (χ1v) is 6.38. The number of carbonyl (C=O) groups excluding carboxylic acids is 1. The Morgan fingerprint density at radius 3 is 2.74 bits per heavy atom. The molecule has 1 rings (SSSR count). The summed E-state index contributed by atoms with van der Waals surface area (Å²) in [5, 5.41) is 2.98. The molecule has 0 aromatic heterocycles. The molecule has 0 spiro atoms. The number of aryl methyl sites for hydroxylation is 1. The van der Waals surface area contributed by atoms with Crippen LogP contribution in [0.2, 0.25) is 0 Å². The van der Waals surface area contributed by atoms with Crippen LogP contribution in [0.3, 0.4) is 0 Å². The van der Waals surface area contributed by atoms with E-state index in [4.69, 9.17) is 4.74 Å². The molecule has 0 unspecified atom stereocenters. The summed E-state index contributed by atoms with van der Waals surface area (Å²) in [5.74, 6) is 0.880. The van der Waals surface area contributed by atoms with Gasteiger partial charge in [0.2, 0.25) is 5.91 Å². The molecule has 0 aliphatic rings. The molecule has 1 amide bonds. The van der Waals surface area contributed by atoms with Crippen LogP contribution in [0.4, 0.5) is 0 Å². The number of ether oxygens (including phenoxy) is 1. The number of nitrogens with one attached hydrogen (secondary N) is 1. The topological polar surface area (TPSA) is 41.6 Å². The molecule has 1 aromatic rings. The highest BCUT2D eigenvalue weighted by atomic mass is 16.5. The maximum atomic E-state index is 11.7. The van der Waals surface area contributed by atoms with Crippen molar-refractivity contribution in [2.24, 2.45) is 0 Å². The van der Waals surface area contributed by atoms with Gasteiger partial charge < -0.3 is 15.0 Å². The minimum absolute atomic E-state index is 0.0503. The number of hydrogen-bond donors (Lipinski definition) is 1. The zero-order chi connectivity index (χ0) is 14.1. The maximum absolute atomic E-state index is 11.7.